The van der Waals surface area contributed by atoms with Gasteiger partial charge in [-0.15, -0.1) is 0 Å². The second kappa shape index (κ2) is 7.00. The quantitative estimate of drug-likeness (QED) is 0.618. The molecule has 0 aliphatic carbocycles. The number of carbonyl (C=O) groups excluding carboxylic acids is 1. The summed E-state index contributed by atoms with van der Waals surface area (Å²) in [6, 6.07) is 7.70. The largest absolute Gasteiger partial charge is 0.394 e. The Labute approximate surface area is 130 Å². The Bertz CT molecular complexity index is 609. The van der Waals surface area contributed by atoms with Gasteiger partial charge in [0.1, 0.15) is 0 Å². The molecule has 0 bridgehead atoms. The van der Waals surface area contributed by atoms with E-state index < -0.39 is 0 Å². The average Bonchev–Trinajstić information content (AvgIpc) is 2.88. The van der Waals surface area contributed by atoms with E-state index in [2.05, 4.69) is 22.9 Å². The molecule has 0 fully saturated rings. The maximum atomic E-state index is 12.0. The third-order valence-corrected chi connectivity index (χ3v) is 4.44. The van der Waals surface area contributed by atoms with Gasteiger partial charge in [0.25, 0.3) is 0 Å². The minimum Gasteiger partial charge on any atom is -0.394 e. The molecule has 4 nitrogen and oxygen atoms in total. The number of aliphatic hydroxyl groups excluding tert-OH is 1. The van der Waals surface area contributed by atoms with Crippen molar-refractivity contribution in [2.75, 3.05) is 6.61 Å². The molecule has 2 rings (SSSR count). The topological polar surface area (TPSA) is 65.1 Å². The summed E-state index contributed by atoms with van der Waals surface area (Å²) in [4.78, 5) is 15.2. The Hall–Kier alpha value is -1.46. The first-order valence-electron chi connectivity index (χ1n) is 7.17. The maximum Gasteiger partial charge on any atom is 0.233 e. The summed E-state index contributed by atoms with van der Waals surface area (Å²) >= 11 is 4.31. The summed E-state index contributed by atoms with van der Waals surface area (Å²) in [7, 11) is 0. The Balaban J connectivity index is 2.07. The van der Waals surface area contributed by atoms with E-state index in [4.69, 9.17) is 0 Å². The van der Waals surface area contributed by atoms with Gasteiger partial charge < -0.3 is 15.4 Å². The third kappa shape index (κ3) is 3.80. The van der Waals surface area contributed by atoms with Gasteiger partial charge >= 0.3 is 0 Å². The number of carbonyl (C=O) groups is 1. The first kappa shape index (κ1) is 15.9. The zero-order chi connectivity index (χ0) is 15.4. The lowest BCUT2D eigenvalue weighted by molar-refractivity contribution is -0.122. The number of aromatic nitrogens is 1. The number of fused-ring (bicyclic) bond motifs is 1. The molecule has 2 aromatic rings. The molecule has 5 heteroatoms. The van der Waals surface area contributed by atoms with Gasteiger partial charge in [-0.25, -0.2) is 0 Å². The molecule has 1 heterocycles. The van der Waals surface area contributed by atoms with Crippen molar-refractivity contribution in [2.24, 2.45) is 5.92 Å². The number of amides is 1. The van der Waals surface area contributed by atoms with E-state index >= 15 is 0 Å². The lowest BCUT2D eigenvalue weighted by atomic mass is 10.0. The summed E-state index contributed by atoms with van der Waals surface area (Å²) in [6.45, 7) is 3.81. The Morgan fingerprint density at radius 2 is 2.10 bits per heavy atom. The van der Waals surface area contributed by atoms with Crippen LogP contribution in [0.3, 0.4) is 0 Å². The first-order valence-corrected chi connectivity index (χ1v) is 7.69. The minimum atomic E-state index is -0.359. The van der Waals surface area contributed by atoms with Crippen LogP contribution in [0, 0.1) is 5.92 Å². The Morgan fingerprint density at radius 3 is 2.76 bits per heavy atom. The number of aromatic amines is 1. The van der Waals surface area contributed by atoms with E-state index in [1.807, 2.05) is 44.3 Å². The summed E-state index contributed by atoms with van der Waals surface area (Å²) in [5.41, 5.74) is 2.15. The lowest BCUT2D eigenvalue weighted by Gasteiger charge is -2.20. The van der Waals surface area contributed by atoms with Crippen molar-refractivity contribution >= 4 is 29.4 Å². The van der Waals surface area contributed by atoms with Crippen molar-refractivity contribution in [3.05, 3.63) is 36.0 Å². The highest BCUT2D eigenvalue weighted by Crippen LogP contribution is 2.19. The second-order valence-electron chi connectivity index (χ2n) is 5.64. The van der Waals surface area contributed by atoms with Crippen molar-refractivity contribution in [2.45, 2.75) is 31.6 Å². The summed E-state index contributed by atoms with van der Waals surface area (Å²) in [5, 5.41) is 13.2. The van der Waals surface area contributed by atoms with E-state index in [-0.39, 0.29) is 29.7 Å². The smallest absolute Gasteiger partial charge is 0.233 e. The van der Waals surface area contributed by atoms with Gasteiger partial charge in [-0.05, 0) is 24.0 Å². The third-order valence-electron chi connectivity index (χ3n) is 3.61. The van der Waals surface area contributed by atoms with Gasteiger partial charge in [0.15, 0.2) is 0 Å². The molecule has 0 aliphatic rings. The Morgan fingerprint density at radius 1 is 1.38 bits per heavy atom. The molecule has 0 aliphatic heterocycles. The number of benzene rings is 1. The molecule has 3 N–H and O–H groups in total. The Kier molecular flexibility index (Phi) is 5.31. The van der Waals surface area contributed by atoms with Crippen LogP contribution in [-0.4, -0.2) is 33.9 Å². The normalized spacial score (nSPS) is 14.3. The van der Waals surface area contributed by atoms with E-state index in [9.17, 15) is 9.90 Å². The van der Waals surface area contributed by atoms with Crippen molar-refractivity contribution in [1.82, 2.24) is 10.3 Å². The fraction of sp³-hybridized carbons (Fsp3) is 0.438. The first-order chi connectivity index (χ1) is 10.0. The van der Waals surface area contributed by atoms with E-state index in [0.29, 0.717) is 6.42 Å². The SMILES string of the molecule is CC(C)[C@H](S)C(=O)N[C@H](CO)Cc1c[nH]c2ccccc12. The van der Waals surface area contributed by atoms with Gasteiger partial charge in [-0.2, -0.15) is 12.6 Å². The van der Waals surface area contributed by atoms with Crippen LogP contribution < -0.4 is 5.32 Å². The molecule has 0 radical (unpaired) electrons. The molecule has 0 saturated heterocycles. The predicted octanol–water partition coefficient (Wildman–Crippen LogP) is 2.14. The molecule has 2 atom stereocenters. The van der Waals surface area contributed by atoms with Crippen LogP contribution in [0.2, 0.25) is 0 Å². The number of thiol groups is 1. The molecular formula is C16H22N2O2S. The number of H-pyrrole nitrogens is 1. The fourth-order valence-corrected chi connectivity index (χ4v) is 2.39. The molecule has 114 valence electrons. The van der Waals surface area contributed by atoms with E-state index in [1.165, 1.54) is 0 Å². The summed E-state index contributed by atoms with van der Waals surface area (Å²) in [6.07, 6.45) is 2.52. The van der Waals surface area contributed by atoms with Gasteiger partial charge in [0, 0.05) is 17.1 Å². The number of para-hydroxylation sites is 1. The number of aliphatic hydroxyl groups is 1. The molecule has 1 aromatic carbocycles. The number of hydrogen-bond donors (Lipinski definition) is 4. The van der Waals surface area contributed by atoms with Crippen molar-refractivity contribution < 1.29 is 9.90 Å². The highest BCUT2D eigenvalue weighted by Gasteiger charge is 2.21. The number of hydrogen-bond acceptors (Lipinski definition) is 3. The molecule has 1 aromatic heterocycles. The number of nitrogens with one attached hydrogen (secondary N) is 2. The zero-order valence-electron chi connectivity index (χ0n) is 12.3. The van der Waals surface area contributed by atoms with Crippen LogP contribution >= 0.6 is 12.6 Å². The van der Waals surface area contributed by atoms with E-state index in [0.717, 1.165) is 16.5 Å². The molecule has 21 heavy (non-hydrogen) atoms. The van der Waals surface area contributed by atoms with Gasteiger partial charge in [-0.1, -0.05) is 32.0 Å². The fourth-order valence-electron chi connectivity index (χ4n) is 2.32. The lowest BCUT2D eigenvalue weighted by Crippen LogP contribution is -2.44. The zero-order valence-corrected chi connectivity index (χ0v) is 13.2. The standard InChI is InChI=1S/C16H22N2O2S/c1-10(2)15(21)16(20)18-12(9-19)7-11-8-17-14-6-4-3-5-13(11)14/h3-6,8,10,12,15,17,19,21H,7,9H2,1-2H3,(H,18,20)/t12-,15-/m0/s1. The monoisotopic (exact) mass is 306 g/mol. The van der Waals surface area contributed by atoms with Crippen molar-refractivity contribution in [1.29, 1.82) is 0 Å². The maximum absolute atomic E-state index is 12.0. The summed E-state index contributed by atoms with van der Waals surface area (Å²) in [5.74, 6) is 0.0213. The average molecular weight is 306 g/mol. The molecular weight excluding hydrogens is 284 g/mol. The molecule has 0 saturated carbocycles. The van der Waals surface area contributed by atoms with Gasteiger partial charge in [0.05, 0.1) is 17.9 Å². The van der Waals surface area contributed by atoms with Crippen LogP contribution in [-0.2, 0) is 11.2 Å². The van der Waals surface area contributed by atoms with Crippen LogP contribution in [0.5, 0.6) is 0 Å². The van der Waals surface area contributed by atoms with Crippen LogP contribution in [0.25, 0.3) is 10.9 Å². The number of rotatable bonds is 6. The molecule has 0 spiro atoms. The van der Waals surface area contributed by atoms with Crippen LogP contribution in [0.4, 0.5) is 0 Å². The van der Waals surface area contributed by atoms with Gasteiger partial charge in [-0.3, -0.25) is 4.79 Å². The van der Waals surface area contributed by atoms with Crippen LogP contribution in [0.1, 0.15) is 19.4 Å². The minimum absolute atomic E-state index is 0.0934. The highest BCUT2D eigenvalue weighted by atomic mass is 32.1. The summed E-state index contributed by atoms with van der Waals surface area (Å²) < 4.78 is 0. The second-order valence-corrected chi connectivity index (χ2v) is 6.20. The highest BCUT2D eigenvalue weighted by molar-refractivity contribution is 7.81. The van der Waals surface area contributed by atoms with Crippen molar-refractivity contribution in [3.8, 4) is 0 Å². The molecule has 1 amide bonds. The van der Waals surface area contributed by atoms with Gasteiger partial charge in [0.2, 0.25) is 5.91 Å². The van der Waals surface area contributed by atoms with Crippen LogP contribution in [0.15, 0.2) is 30.5 Å². The van der Waals surface area contributed by atoms with Crippen molar-refractivity contribution in [3.63, 3.8) is 0 Å². The van der Waals surface area contributed by atoms with E-state index in [1.54, 1.807) is 0 Å². The predicted molar refractivity (Wildman–Crippen MR) is 88.6 cm³/mol. The molecule has 0 unspecified atom stereocenters.